The first kappa shape index (κ1) is 19.8. The van der Waals surface area contributed by atoms with Crippen molar-refractivity contribution in [2.75, 3.05) is 25.4 Å². The van der Waals surface area contributed by atoms with Gasteiger partial charge in [0.05, 0.1) is 5.75 Å². The number of amides is 1. The SMILES string of the molecule is Cc1csc(SCC(=O)N2CCC[C@@H](CNS(=O)(=O)c3cccs3)C2)n1. The van der Waals surface area contributed by atoms with Gasteiger partial charge in [0.1, 0.15) is 4.21 Å². The van der Waals surface area contributed by atoms with Crippen molar-refractivity contribution in [2.45, 2.75) is 28.3 Å². The smallest absolute Gasteiger partial charge is 0.250 e. The van der Waals surface area contributed by atoms with Gasteiger partial charge in [0.2, 0.25) is 15.9 Å². The van der Waals surface area contributed by atoms with E-state index in [1.807, 2.05) is 17.2 Å². The summed E-state index contributed by atoms with van der Waals surface area (Å²) in [5.74, 6) is 0.615. The second kappa shape index (κ2) is 8.83. The highest BCUT2D eigenvalue weighted by molar-refractivity contribution is 8.01. The number of nitrogens with zero attached hydrogens (tertiary/aromatic N) is 2. The Balaban J connectivity index is 1.48. The van der Waals surface area contributed by atoms with Gasteiger partial charge in [-0.15, -0.1) is 22.7 Å². The first-order valence-electron chi connectivity index (χ1n) is 8.30. The zero-order valence-corrected chi connectivity index (χ0v) is 17.6. The van der Waals surface area contributed by atoms with Gasteiger partial charge in [-0.1, -0.05) is 17.8 Å². The van der Waals surface area contributed by atoms with E-state index in [9.17, 15) is 13.2 Å². The Morgan fingerprint density at radius 3 is 3.00 bits per heavy atom. The molecule has 1 aliphatic heterocycles. The number of sulfonamides is 1. The quantitative estimate of drug-likeness (QED) is 0.682. The van der Waals surface area contributed by atoms with Crippen LogP contribution in [0.2, 0.25) is 0 Å². The minimum atomic E-state index is -3.44. The van der Waals surface area contributed by atoms with Crippen LogP contribution in [-0.4, -0.2) is 49.6 Å². The van der Waals surface area contributed by atoms with Crippen molar-refractivity contribution in [3.05, 3.63) is 28.6 Å². The Labute approximate surface area is 166 Å². The number of thiophene rings is 1. The van der Waals surface area contributed by atoms with E-state index in [1.54, 1.807) is 28.8 Å². The molecule has 1 fully saturated rings. The summed E-state index contributed by atoms with van der Waals surface area (Å²) in [5, 5.41) is 3.72. The third-order valence-corrected chi connectivity index (χ3v) is 9.06. The van der Waals surface area contributed by atoms with Crippen molar-refractivity contribution >= 4 is 50.4 Å². The van der Waals surface area contributed by atoms with Crippen molar-refractivity contribution in [1.29, 1.82) is 0 Å². The third-order valence-electron chi connectivity index (χ3n) is 4.11. The molecule has 0 bridgehead atoms. The summed E-state index contributed by atoms with van der Waals surface area (Å²) in [6, 6.07) is 3.32. The molecule has 0 spiro atoms. The predicted octanol–water partition coefficient (Wildman–Crippen LogP) is 2.82. The van der Waals surface area contributed by atoms with Gasteiger partial charge in [-0.25, -0.2) is 18.1 Å². The molecule has 3 rings (SSSR count). The average molecular weight is 432 g/mol. The molecule has 0 unspecified atom stereocenters. The first-order valence-corrected chi connectivity index (χ1v) is 12.5. The fourth-order valence-electron chi connectivity index (χ4n) is 2.79. The van der Waals surface area contributed by atoms with E-state index in [4.69, 9.17) is 0 Å². The molecule has 1 amide bonds. The van der Waals surface area contributed by atoms with Gasteiger partial charge in [0, 0.05) is 30.7 Å². The number of hydrogen-bond donors (Lipinski definition) is 1. The van der Waals surface area contributed by atoms with Crippen LogP contribution >= 0.6 is 34.4 Å². The summed E-state index contributed by atoms with van der Waals surface area (Å²) in [6.07, 6.45) is 1.83. The molecule has 0 saturated carbocycles. The monoisotopic (exact) mass is 431 g/mol. The fourth-order valence-corrected chi connectivity index (χ4v) is 6.69. The lowest BCUT2D eigenvalue weighted by atomic mass is 9.98. The van der Waals surface area contributed by atoms with E-state index in [1.165, 1.54) is 23.1 Å². The van der Waals surface area contributed by atoms with Crippen LogP contribution < -0.4 is 4.72 Å². The van der Waals surface area contributed by atoms with Crippen LogP contribution in [0.4, 0.5) is 0 Å². The number of aryl methyl sites for hydroxylation is 1. The molecule has 142 valence electrons. The van der Waals surface area contributed by atoms with Crippen LogP contribution in [0.3, 0.4) is 0 Å². The molecule has 6 nitrogen and oxygen atoms in total. The third kappa shape index (κ3) is 5.29. The van der Waals surface area contributed by atoms with E-state index in [0.29, 0.717) is 23.1 Å². The second-order valence-electron chi connectivity index (χ2n) is 6.18. The zero-order valence-electron chi connectivity index (χ0n) is 14.4. The number of rotatable bonds is 7. The van der Waals surface area contributed by atoms with Crippen LogP contribution in [0.25, 0.3) is 0 Å². The Bertz CT molecular complexity index is 833. The zero-order chi connectivity index (χ0) is 18.6. The highest BCUT2D eigenvalue weighted by Crippen LogP contribution is 2.24. The number of nitrogens with one attached hydrogen (secondary N) is 1. The molecule has 1 atom stereocenters. The van der Waals surface area contributed by atoms with Gasteiger partial charge < -0.3 is 4.90 Å². The van der Waals surface area contributed by atoms with E-state index in [2.05, 4.69) is 9.71 Å². The number of carbonyl (C=O) groups excluding carboxylic acids is 1. The number of aromatic nitrogens is 1. The highest BCUT2D eigenvalue weighted by atomic mass is 32.2. The van der Waals surface area contributed by atoms with Crippen molar-refractivity contribution in [3.8, 4) is 0 Å². The summed E-state index contributed by atoms with van der Waals surface area (Å²) in [4.78, 5) is 18.7. The van der Waals surface area contributed by atoms with Crippen molar-refractivity contribution < 1.29 is 13.2 Å². The highest BCUT2D eigenvalue weighted by Gasteiger charge is 2.25. The minimum absolute atomic E-state index is 0.0914. The van der Waals surface area contributed by atoms with Gasteiger partial charge in [0.15, 0.2) is 4.34 Å². The number of carbonyl (C=O) groups is 1. The molecule has 0 aromatic carbocycles. The van der Waals surface area contributed by atoms with Crippen molar-refractivity contribution in [2.24, 2.45) is 5.92 Å². The molecule has 2 aromatic rings. The summed E-state index contributed by atoms with van der Waals surface area (Å²) in [6.45, 7) is 3.64. The predicted molar refractivity (Wildman–Crippen MR) is 106 cm³/mol. The van der Waals surface area contributed by atoms with Crippen LogP contribution in [0.5, 0.6) is 0 Å². The molecular weight excluding hydrogens is 410 g/mol. The van der Waals surface area contributed by atoms with Crippen molar-refractivity contribution in [1.82, 2.24) is 14.6 Å². The molecule has 3 heterocycles. The van der Waals surface area contributed by atoms with Gasteiger partial charge >= 0.3 is 0 Å². The molecule has 26 heavy (non-hydrogen) atoms. The lowest BCUT2D eigenvalue weighted by Gasteiger charge is -2.32. The molecule has 0 aliphatic carbocycles. The molecule has 10 heteroatoms. The van der Waals surface area contributed by atoms with Crippen LogP contribution in [-0.2, 0) is 14.8 Å². The normalized spacial score (nSPS) is 18.2. The second-order valence-corrected chi connectivity index (χ2v) is 11.2. The molecule has 2 aromatic heterocycles. The Kier molecular flexibility index (Phi) is 6.73. The minimum Gasteiger partial charge on any atom is -0.342 e. The van der Waals surface area contributed by atoms with Gasteiger partial charge in [0.25, 0.3) is 0 Å². The Morgan fingerprint density at radius 1 is 1.46 bits per heavy atom. The average Bonchev–Trinajstić information content (AvgIpc) is 3.30. The molecule has 1 N–H and O–H groups in total. The molecular formula is C16H21N3O3S4. The largest absolute Gasteiger partial charge is 0.342 e. The number of hydrogen-bond acceptors (Lipinski definition) is 7. The Hall–Kier alpha value is -0.940. The van der Waals surface area contributed by atoms with Crippen LogP contribution in [0.15, 0.2) is 31.4 Å². The maximum Gasteiger partial charge on any atom is 0.250 e. The summed E-state index contributed by atoms with van der Waals surface area (Å²) >= 11 is 4.23. The molecule has 1 aliphatic rings. The van der Waals surface area contributed by atoms with Crippen molar-refractivity contribution in [3.63, 3.8) is 0 Å². The lowest BCUT2D eigenvalue weighted by Crippen LogP contribution is -2.44. The Morgan fingerprint density at radius 2 is 2.31 bits per heavy atom. The fraction of sp³-hybridized carbons (Fsp3) is 0.500. The number of likely N-dealkylation sites (tertiary alicyclic amines) is 1. The van der Waals surface area contributed by atoms with Gasteiger partial charge in [-0.05, 0) is 37.1 Å². The molecule has 1 saturated heterocycles. The van der Waals surface area contributed by atoms with E-state index < -0.39 is 10.0 Å². The maximum absolute atomic E-state index is 12.5. The number of piperidine rings is 1. The van der Waals surface area contributed by atoms with Gasteiger partial charge in [-0.3, -0.25) is 4.79 Å². The van der Waals surface area contributed by atoms with E-state index >= 15 is 0 Å². The standard InChI is InChI=1S/C16H21N3O3S4/c1-12-10-24-16(18-12)25-11-14(20)19-6-2-4-13(9-19)8-17-26(21,22)15-5-3-7-23-15/h3,5,7,10,13,17H,2,4,6,8-9,11H2,1H3/t13-/m0/s1. The lowest BCUT2D eigenvalue weighted by molar-refractivity contribution is -0.130. The maximum atomic E-state index is 12.5. The summed E-state index contributed by atoms with van der Waals surface area (Å²) < 4.78 is 28.4. The van der Waals surface area contributed by atoms with E-state index in [-0.39, 0.29) is 11.8 Å². The topological polar surface area (TPSA) is 79.4 Å². The van der Waals surface area contributed by atoms with Crippen LogP contribution in [0, 0.1) is 12.8 Å². The summed E-state index contributed by atoms with van der Waals surface area (Å²) in [5.41, 5.74) is 0.973. The number of thioether (sulfide) groups is 1. The van der Waals surface area contributed by atoms with Gasteiger partial charge in [-0.2, -0.15) is 0 Å². The van der Waals surface area contributed by atoms with Crippen LogP contribution in [0.1, 0.15) is 18.5 Å². The molecule has 0 radical (unpaired) electrons. The number of thiazole rings is 1. The first-order chi connectivity index (χ1) is 12.4. The van der Waals surface area contributed by atoms with E-state index in [0.717, 1.165) is 29.4 Å². The summed E-state index contributed by atoms with van der Waals surface area (Å²) in [7, 11) is -3.44.